The van der Waals surface area contributed by atoms with Crippen molar-refractivity contribution in [3.8, 4) is 5.88 Å². The minimum Gasteiger partial charge on any atom is -0.481 e. The van der Waals surface area contributed by atoms with Crippen LogP contribution < -0.4 is 10.1 Å². The summed E-state index contributed by atoms with van der Waals surface area (Å²) in [7, 11) is 0. The summed E-state index contributed by atoms with van der Waals surface area (Å²) in [5.41, 5.74) is 0.776. The van der Waals surface area contributed by atoms with Crippen molar-refractivity contribution in [2.45, 2.75) is 32.4 Å². The van der Waals surface area contributed by atoms with E-state index in [1.807, 2.05) is 13.8 Å². The number of amides is 1. The second-order valence-corrected chi connectivity index (χ2v) is 5.73. The average Bonchev–Trinajstić information content (AvgIpc) is 2.54. The van der Waals surface area contributed by atoms with Gasteiger partial charge in [0.25, 0.3) is 5.91 Å². The van der Waals surface area contributed by atoms with Crippen LogP contribution in [0.1, 0.15) is 42.2 Å². The summed E-state index contributed by atoms with van der Waals surface area (Å²) in [5.74, 6) is -1.59. The molecular formula is C18H19FN2O4. The molecule has 2 rings (SSSR count). The Bertz CT molecular complexity index is 730. The molecule has 0 saturated heterocycles. The highest BCUT2D eigenvalue weighted by molar-refractivity contribution is 5.94. The van der Waals surface area contributed by atoms with Crippen molar-refractivity contribution in [2.75, 3.05) is 0 Å². The van der Waals surface area contributed by atoms with Crippen molar-refractivity contribution in [1.82, 2.24) is 10.3 Å². The van der Waals surface area contributed by atoms with Gasteiger partial charge in [-0.15, -0.1) is 0 Å². The predicted molar refractivity (Wildman–Crippen MR) is 88.9 cm³/mol. The molecule has 6 nitrogen and oxygen atoms in total. The van der Waals surface area contributed by atoms with Gasteiger partial charge in [0.1, 0.15) is 5.82 Å². The third-order valence-corrected chi connectivity index (χ3v) is 3.31. The number of pyridine rings is 1. The van der Waals surface area contributed by atoms with E-state index in [1.54, 1.807) is 12.1 Å². The second-order valence-electron chi connectivity index (χ2n) is 5.73. The van der Waals surface area contributed by atoms with Gasteiger partial charge in [-0.3, -0.25) is 9.59 Å². The van der Waals surface area contributed by atoms with E-state index >= 15 is 0 Å². The fraction of sp³-hybridized carbons (Fsp3) is 0.278. The first-order valence-electron chi connectivity index (χ1n) is 7.76. The molecular weight excluding hydrogens is 327 g/mol. The summed E-state index contributed by atoms with van der Waals surface area (Å²) in [6.45, 7) is 3.73. The number of carbonyl (C=O) groups excluding carboxylic acids is 1. The number of carbonyl (C=O) groups is 2. The number of ether oxygens (including phenoxy) is 1. The van der Waals surface area contributed by atoms with Gasteiger partial charge < -0.3 is 15.2 Å². The minimum absolute atomic E-state index is 0.0365. The van der Waals surface area contributed by atoms with Crippen LogP contribution in [0.2, 0.25) is 0 Å². The highest BCUT2D eigenvalue weighted by atomic mass is 19.1. The summed E-state index contributed by atoms with van der Waals surface area (Å²) in [6.07, 6.45) is 1.00. The molecule has 1 amide bonds. The van der Waals surface area contributed by atoms with Crippen molar-refractivity contribution in [1.29, 1.82) is 0 Å². The third kappa shape index (κ3) is 5.56. The van der Waals surface area contributed by atoms with Crippen LogP contribution in [0.15, 0.2) is 42.6 Å². The Balaban J connectivity index is 2.13. The van der Waals surface area contributed by atoms with Crippen LogP contribution in [0.25, 0.3) is 0 Å². The number of benzene rings is 1. The molecule has 132 valence electrons. The van der Waals surface area contributed by atoms with Gasteiger partial charge in [0.15, 0.2) is 0 Å². The molecule has 0 aliphatic heterocycles. The first-order chi connectivity index (χ1) is 11.8. The Kier molecular flexibility index (Phi) is 6.05. The number of nitrogens with zero attached hydrogens (tertiary/aromatic N) is 1. The largest absolute Gasteiger partial charge is 0.481 e. The Labute approximate surface area is 144 Å². The van der Waals surface area contributed by atoms with Crippen LogP contribution in [0.4, 0.5) is 4.39 Å². The maximum atomic E-state index is 13.0. The van der Waals surface area contributed by atoms with Gasteiger partial charge in [-0.2, -0.15) is 0 Å². The number of hydrogen-bond donors (Lipinski definition) is 2. The van der Waals surface area contributed by atoms with Gasteiger partial charge in [0.2, 0.25) is 5.88 Å². The number of carboxylic acids is 1. The lowest BCUT2D eigenvalue weighted by Crippen LogP contribution is -2.30. The number of carboxylic acid groups (broad SMARTS) is 1. The van der Waals surface area contributed by atoms with Crippen LogP contribution >= 0.6 is 0 Å². The van der Waals surface area contributed by atoms with Gasteiger partial charge in [-0.25, -0.2) is 9.37 Å². The van der Waals surface area contributed by atoms with Gasteiger partial charge in [-0.1, -0.05) is 12.1 Å². The summed E-state index contributed by atoms with van der Waals surface area (Å²) >= 11 is 0. The molecule has 1 unspecified atom stereocenters. The maximum absolute atomic E-state index is 13.0. The zero-order valence-electron chi connectivity index (χ0n) is 13.9. The molecule has 0 radical (unpaired) electrons. The Hall–Kier alpha value is -2.96. The fourth-order valence-corrected chi connectivity index (χ4v) is 2.19. The fourth-order valence-electron chi connectivity index (χ4n) is 2.19. The number of rotatable bonds is 7. The smallest absolute Gasteiger partial charge is 0.305 e. The number of nitrogens with one attached hydrogen (secondary N) is 1. The van der Waals surface area contributed by atoms with Crippen LogP contribution in [0.5, 0.6) is 5.88 Å². The molecule has 25 heavy (non-hydrogen) atoms. The zero-order valence-corrected chi connectivity index (χ0v) is 13.9. The minimum atomic E-state index is -1.08. The lowest BCUT2D eigenvalue weighted by Gasteiger charge is -2.17. The molecule has 0 aliphatic rings. The van der Waals surface area contributed by atoms with Crippen molar-refractivity contribution < 1.29 is 23.8 Å². The topological polar surface area (TPSA) is 88.5 Å². The molecule has 1 atom stereocenters. The van der Waals surface area contributed by atoms with Crippen molar-refractivity contribution in [3.05, 3.63) is 59.5 Å². The molecule has 7 heteroatoms. The Morgan fingerprint density at radius 1 is 1.20 bits per heavy atom. The Morgan fingerprint density at radius 2 is 1.88 bits per heavy atom. The summed E-state index contributed by atoms with van der Waals surface area (Å²) in [5, 5.41) is 11.7. The van der Waals surface area contributed by atoms with Gasteiger partial charge in [0, 0.05) is 12.3 Å². The van der Waals surface area contributed by atoms with Crippen LogP contribution in [0, 0.1) is 5.82 Å². The molecule has 1 heterocycles. The second kappa shape index (κ2) is 8.23. The quantitative estimate of drug-likeness (QED) is 0.805. The van der Waals surface area contributed by atoms with Crippen LogP contribution in [-0.4, -0.2) is 28.1 Å². The van der Waals surface area contributed by atoms with Gasteiger partial charge >= 0.3 is 5.97 Å². The highest BCUT2D eigenvalue weighted by Crippen LogP contribution is 2.19. The number of aromatic nitrogens is 1. The molecule has 0 spiro atoms. The molecule has 1 aromatic heterocycles. The SMILES string of the molecule is CC(C)Oc1ccc(C(=O)NC(CC(=O)O)c2ccc(F)cc2)cn1. The van der Waals surface area contributed by atoms with E-state index < -0.39 is 23.7 Å². The first-order valence-corrected chi connectivity index (χ1v) is 7.76. The number of hydrogen-bond acceptors (Lipinski definition) is 4. The van der Waals surface area contributed by atoms with Crippen LogP contribution in [-0.2, 0) is 4.79 Å². The van der Waals surface area contributed by atoms with Crippen molar-refractivity contribution in [3.63, 3.8) is 0 Å². The lowest BCUT2D eigenvalue weighted by molar-refractivity contribution is -0.137. The van der Waals surface area contributed by atoms with Crippen molar-refractivity contribution >= 4 is 11.9 Å². The summed E-state index contributed by atoms with van der Waals surface area (Å²) in [6, 6.07) is 7.66. The van der Waals surface area contributed by atoms with E-state index in [-0.39, 0.29) is 18.1 Å². The van der Waals surface area contributed by atoms with E-state index in [2.05, 4.69) is 10.3 Å². The van der Waals surface area contributed by atoms with E-state index in [9.17, 15) is 14.0 Å². The zero-order chi connectivity index (χ0) is 18.4. The van der Waals surface area contributed by atoms with Crippen LogP contribution in [0.3, 0.4) is 0 Å². The molecule has 2 aromatic rings. The third-order valence-electron chi connectivity index (χ3n) is 3.31. The monoisotopic (exact) mass is 346 g/mol. The molecule has 0 saturated carbocycles. The summed E-state index contributed by atoms with van der Waals surface area (Å²) < 4.78 is 18.5. The number of aliphatic carboxylic acids is 1. The van der Waals surface area contributed by atoms with Gasteiger partial charge in [0.05, 0.1) is 24.1 Å². The normalized spacial score (nSPS) is 11.8. The maximum Gasteiger partial charge on any atom is 0.305 e. The molecule has 0 bridgehead atoms. The van der Waals surface area contributed by atoms with E-state index in [1.165, 1.54) is 30.5 Å². The molecule has 0 fully saturated rings. The molecule has 1 aromatic carbocycles. The lowest BCUT2D eigenvalue weighted by atomic mass is 10.0. The molecule has 2 N–H and O–H groups in total. The van der Waals surface area contributed by atoms with E-state index in [4.69, 9.17) is 9.84 Å². The predicted octanol–water partition coefficient (Wildman–Crippen LogP) is 2.95. The number of halogens is 1. The van der Waals surface area contributed by atoms with Gasteiger partial charge in [-0.05, 0) is 37.6 Å². The Morgan fingerprint density at radius 3 is 2.40 bits per heavy atom. The highest BCUT2D eigenvalue weighted by Gasteiger charge is 2.19. The van der Waals surface area contributed by atoms with E-state index in [0.29, 0.717) is 11.4 Å². The average molecular weight is 346 g/mol. The first kappa shape index (κ1) is 18.4. The molecule has 0 aliphatic carbocycles. The standard InChI is InChI=1S/C18H19FN2O4/c1-11(2)25-16-8-5-13(10-20-16)18(24)21-15(9-17(22)23)12-3-6-14(19)7-4-12/h3-8,10-11,15H,9H2,1-2H3,(H,21,24)(H,22,23). The summed E-state index contributed by atoms with van der Waals surface area (Å²) in [4.78, 5) is 27.5. The van der Waals surface area contributed by atoms with E-state index in [0.717, 1.165) is 0 Å². The van der Waals surface area contributed by atoms with Crippen molar-refractivity contribution in [2.24, 2.45) is 0 Å².